The Hall–Kier alpha value is -2.42. The summed E-state index contributed by atoms with van der Waals surface area (Å²) in [6.45, 7) is 7.42. The van der Waals surface area contributed by atoms with Crippen LogP contribution in [0.5, 0.6) is 5.75 Å². The summed E-state index contributed by atoms with van der Waals surface area (Å²) >= 11 is 5.90. The molecule has 1 heterocycles. The number of anilines is 1. The number of benzene rings is 2. The van der Waals surface area contributed by atoms with Crippen LogP contribution in [0.15, 0.2) is 53.4 Å². The van der Waals surface area contributed by atoms with Crippen LogP contribution >= 0.6 is 11.6 Å². The van der Waals surface area contributed by atoms with E-state index in [0.717, 1.165) is 9.21 Å². The topological polar surface area (TPSA) is 84.0 Å². The SMILES string of the molecule is CCOc1ccc(N2C(=O)CC(N(C(C)(C)C)S(=O)(=O)c3ccc(Cl)cc3)C2=O)cc1. The van der Waals surface area contributed by atoms with Gasteiger partial charge in [-0.3, -0.25) is 9.59 Å². The molecule has 2 amide bonds. The standard InChI is InChI=1S/C22H25ClN2O5S/c1-5-30-17-10-8-16(9-11-17)24-20(26)14-19(21(24)27)25(22(2,3)4)31(28,29)18-12-6-15(23)7-13-18/h6-13,19H,5,14H2,1-4H3. The molecule has 0 spiro atoms. The highest BCUT2D eigenvalue weighted by atomic mass is 35.5. The summed E-state index contributed by atoms with van der Waals surface area (Å²) in [6, 6.07) is 11.1. The number of ether oxygens (including phenoxy) is 1. The molecule has 2 aromatic rings. The predicted molar refractivity (Wildman–Crippen MR) is 119 cm³/mol. The molecule has 1 unspecified atom stereocenters. The minimum absolute atomic E-state index is 0.00610. The van der Waals surface area contributed by atoms with Gasteiger partial charge in [0.25, 0.3) is 5.91 Å². The van der Waals surface area contributed by atoms with Crippen molar-refractivity contribution >= 4 is 39.1 Å². The van der Waals surface area contributed by atoms with Crippen molar-refractivity contribution in [2.45, 2.75) is 50.6 Å². The molecule has 0 aromatic heterocycles. The van der Waals surface area contributed by atoms with Gasteiger partial charge in [0.15, 0.2) is 0 Å². The number of nitrogens with zero attached hydrogens (tertiary/aromatic N) is 2. The van der Waals surface area contributed by atoms with Gasteiger partial charge < -0.3 is 4.74 Å². The van der Waals surface area contributed by atoms with E-state index in [-0.39, 0.29) is 11.3 Å². The number of amides is 2. The first-order valence-electron chi connectivity index (χ1n) is 9.86. The fourth-order valence-electron chi connectivity index (χ4n) is 3.64. The molecular formula is C22H25ClN2O5S. The Kier molecular flexibility index (Phi) is 6.45. The molecule has 3 rings (SSSR count). The van der Waals surface area contributed by atoms with E-state index in [2.05, 4.69) is 0 Å². The average Bonchev–Trinajstić information content (AvgIpc) is 2.95. The lowest BCUT2D eigenvalue weighted by Gasteiger charge is -2.37. The van der Waals surface area contributed by atoms with Gasteiger partial charge in [-0.2, -0.15) is 4.31 Å². The second-order valence-electron chi connectivity index (χ2n) is 8.14. The highest BCUT2D eigenvalue weighted by Gasteiger charge is 2.50. The molecule has 1 aliphatic heterocycles. The van der Waals surface area contributed by atoms with Gasteiger partial charge in [-0.1, -0.05) is 11.6 Å². The molecule has 0 radical (unpaired) electrons. The average molecular weight is 465 g/mol. The lowest BCUT2D eigenvalue weighted by Crippen LogP contribution is -2.54. The first-order chi connectivity index (χ1) is 14.5. The largest absolute Gasteiger partial charge is 0.494 e. The summed E-state index contributed by atoms with van der Waals surface area (Å²) in [5, 5.41) is 0.398. The van der Waals surface area contributed by atoms with Crippen molar-refractivity contribution in [3.05, 3.63) is 53.6 Å². The second kappa shape index (κ2) is 8.61. The van der Waals surface area contributed by atoms with E-state index >= 15 is 0 Å². The molecule has 1 saturated heterocycles. The number of carbonyl (C=O) groups is 2. The number of carbonyl (C=O) groups excluding carboxylic acids is 2. The van der Waals surface area contributed by atoms with Gasteiger partial charge in [0.2, 0.25) is 15.9 Å². The molecule has 9 heteroatoms. The summed E-state index contributed by atoms with van der Waals surface area (Å²) in [6.07, 6.45) is -0.240. The summed E-state index contributed by atoms with van der Waals surface area (Å²) in [4.78, 5) is 27.1. The molecule has 166 valence electrons. The van der Waals surface area contributed by atoms with Gasteiger partial charge in [0, 0.05) is 10.6 Å². The van der Waals surface area contributed by atoms with E-state index < -0.39 is 33.4 Å². The van der Waals surface area contributed by atoms with E-state index in [1.165, 1.54) is 24.3 Å². The summed E-state index contributed by atoms with van der Waals surface area (Å²) in [5.41, 5.74) is -0.577. The highest BCUT2D eigenvalue weighted by Crippen LogP contribution is 2.34. The van der Waals surface area contributed by atoms with Crippen molar-refractivity contribution in [2.75, 3.05) is 11.5 Å². The van der Waals surface area contributed by atoms with E-state index in [1.807, 2.05) is 6.92 Å². The first-order valence-corrected chi connectivity index (χ1v) is 11.7. The number of imide groups is 1. The fraction of sp³-hybridized carbons (Fsp3) is 0.364. The van der Waals surface area contributed by atoms with Crippen LogP contribution < -0.4 is 9.64 Å². The maximum Gasteiger partial charge on any atom is 0.252 e. The van der Waals surface area contributed by atoms with Crippen molar-refractivity contribution in [3.63, 3.8) is 0 Å². The Morgan fingerprint density at radius 3 is 2.16 bits per heavy atom. The first kappa shape index (κ1) is 23.2. The fourth-order valence-corrected chi connectivity index (χ4v) is 5.70. The zero-order valence-electron chi connectivity index (χ0n) is 17.8. The van der Waals surface area contributed by atoms with Gasteiger partial charge in [-0.15, -0.1) is 0 Å². The van der Waals surface area contributed by atoms with Crippen LogP contribution in [0.1, 0.15) is 34.1 Å². The number of hydrogen-bond acceptors (Lipinski definition) is 5. The van der Waals surface area contributed by atoms with Crippen molar-refractivity contribution in [3.8, 4) is 5.75 Å². The van der Waals surface area contributed by atoms with Crippen molar-refractivity contribution in [2.24, 2.45) is 0 Å². The van der Waals surface area contributed by atoms with Crippen LogP contribution in [-0.4, -0.2) is 42.7 Å². The van der Waals surface area contributed by atoms with Crippen LogP contribution in [0.3, 0.4) is 0 Å². The number of sulfonamides is 1. The maximum absolute atomic E-state index is 13.5. The highest BCUT2D eigenvalue weighted by molar-refractivity contribution is 7.89. The van der Waals surface area contributed by atoms with Gasteiger partial charge >= 0.3 is 0 Å². The summed E-state index contributed by atoms with van der Waals surface area (Å²) in [5.74, 6) is -0.426. The normalized spacial score (nSPS) is 17.5. The van der Waals surface area contributed by atoms with Crippen LogP contribution in [0.4, 0.5) is 5.69 Å². The van der Waals surface area contributed by atoms with Gasteiger partial charge in [0.05, 0.1) is 23.6 Å². The monoisotopic (exact) mass is 464 g/mol. The number of hydrogen-bond donors (Lipinski definition) is 0. The summed E-state index contributed by atoms with van der Waals surface area (Å²) < 4.78 is 33.5. The van der Waals surface area contributed by atoms with Crippen molar-refractivity contribution in [1.82, 2.24) is 4.31 Å². The second-order valence-corrected chi connectivity index (χ2v) is 10.4. The van der Waals surface area contributed by atoms with Crippen LogP contribution in [0.2, 0.25) is 5.02 Å². The Morgan fingerprint density at radius 1 is 1.06 bits per heavy atom. The minimum Gasteiger partial charge on any atom is -0.494 e. The zero-order valence-corrected chi connectivity index (χ0v) is 19.4. The molecule has 1 fully saturated rings. The van der Waals surface area contributed by atoms with Gasteiger partial charge in [-0.25, -0.2) is 13.3 Å². The molecule has 2 aromatic carbocycles. The molecule has 7 nitrogen and oxygen atoms in total. The molecule has 1 atom stereocenters. The van der Waals surface area contributed by atoms with Crippen molar-refractivity contribution < 1.29 is 22.7 Å². The van der Waals surface area contributed by atoms with Crippen molar-refractivity contribution in [1.29, 1.82) is 0 Å². The predicted octanol–water partition coefficient (Wildman–Crippen LogP) is 3.86. The lowest BCUT2D eigenvalue weighted by atomic mass is 10.1. The molecule has 0 saturated carbocycles. The molecule has 0 N–H and O–H groups in total. The third-order valence-corrected chi connectivity index (χ3v) is 7.28. The van der Waals surface area contributed by atoms with E-state index in [1.54, 1.807) is 45.0 Å². The van der Waals surface area contributed by atoms with E-state index in [9.17, 15) is 18.0 Å². The maximum atomic E-state index is 13.5. The van der Waals surface area contributed by atoms with E-state index in [0.29, 0.717) is 23.1 Å². The quantitative estimate of drug-likeness (QED) is 0.606. The third-order valence-electron chi connectivity index (χ3n) is 4.84. The lowest BCUT2D eigenvalue weighted by molar-refractivity contribution is -0.122. The molecule has 31 heavy (non-hydrogen) atoms. The molecule has 0 bridgehead atoms. The minimum atomic E-state index is -4.08. The van der Waals surface area contributed by atoms with Crippen LogP contribution in [0.25, 0.3) is 0 Å². The zero-order chi connectivity index (χ0) is 23.0. The Labute approximate surface area is 187 Å². The van der Waals surface area contributed by atoms with E-state index in [4.69, 9.17) is 16.3 Å². The molecule has 0 aliphatic carbocycles. The van der Waals surface area contributed by atoms with Gasteiger partial charge in [-0.05, 0) is 76.2 Å². The van der Waals surface area contributed by atoms with Crippen LogP contribution in [-0.2, 0) is 19.6 Å². The number of rotatable bonds is 6. The molecular weight excluding hydrogens is 440 g/mol. The Bertz CT molecular complexity index is 1080. The van der Waals surface area contributed by atoms with Crippen LogP contribution in [0, 0.1) is 0 Å². The smallest absolute Gasteiger partial charge is 0.252 e. The number of halogens is 1. The Balaban J connectivity index is 1.99. The third kappa shape index (κ3) is 4.61. The summed E-state index contributed by atoms with van der Waals surface area (Å²) in [7, 11) is -4.08. The molecule has 1 aliphatic rings. The van der Waals surface area contributed by atoms with Gasteiger partial charge in [0.1, 0.15) is 11.8 Å². The Morgan fingerprint density at radius 2 is 1.65 bits per heavy atom.